The van der Waals surface area contributed by atoms with Crippen LogP contribution in [0, 0.1) is 11.7 Å². The maximum absolute atomic E-state index is 13.5. The molecule has 0 aromatic heterocycles. The van der Waals surface area contributed by atoms with E-state index in [4.69, 9.17) is 5.73 Å². The summed E-state index contributed by atoms with van der Waals surface area (Å²) >= 11 is 0. The molecule has 1 atom stereocenters. The van der Waals surface area contributed by atoms with Gasteiger partial charge < -0.3 is 15.5 Å². The summed E-state index contributed by atoms with van der Waals surface area (Å²) in [5.41, 5.74) is 8.11. The molecule has 1 unspecified atom stereocenters. The zero-order valence-corrected chi connectivity index (χ0v) is 13.5. The molecule has 1 aliphatic rings. The van der Waals surface area contributed by atoms with Gasteiger partial charge in [-0.2, -0.15) is 0 Å². The van der Waals surface area contributed by atoms with E-state index in [1.165, 1.54) is 12.8 Å². The number of hydrogen-bond donors (Lipinski definition) is 1. The molecule has 1 aromatic rings. The van der Waals surface area contributed by atoms with Crippen LogP contribution in [0.1, 0.15) is 25.3 Å². The van der Waals surface area contributed by atoms with Gasteiger partial charge in [-0.3, -0.25) is 0 Å². The van der Waals surface area contributed by atoms with Crippen LogP contribution in [0.3, 0.4) is 0 Å². The van der Waals surface area contributed by atoms with Crippen molar-refractivity contribution in [1.82, 2.24) is 4.90 Å². The van der Waals surface area contributed by atoms with E-state index in [2.05, 4.69) is 23.9 Å². The molecule has 0 spiro atoms. The number of halogens is 1. The van der Waals surface area contributed by atoms with Gasteiger partial charge in [-0.25, -0.2) is 4.39 Å². The first-order chi connectivity index (χ1) is 9.95. The smallest absolute Gasteiger partial charge is 0.123 e. The molecule has 0 amide bonds. The van der Waals surface area contributed by atoms with Crippen LogP contribution in [0.15, 0.2) is 18.2 Å². The number of anilines is 1. The van der Waals surface area contributed by atoms with Gasteiger partial charge in [-0.15, -0.1) is 0 Å². The van der Waals surface area contributed by atoms with E-state index >= 15 is 0 Å². The molecular weight excluding hydrogens is 265 g/mol. The Labute approximate surface area is 127 Å². The Bertz CT molecular complexity index is 451. The Kier molecular flexibility index (Phi) is 5.59. The average molecular weight is 293 g/mol. The Morgan fingerprint density at radius 2 is 2.00 bits per heavy atom. The molecule has 2 rings (SSSR count). The van der Waals surface area contributed by atoms with E-state index in [0.29, 0.717) is 0 Å². The quantitative estimate of drug-likeness (QED) is 0.905. The van der Waals surface area contributed by atoms with Gasteiger partial charge in [0.05, 0.1) is 0 Å². The first-order valence-electron chi connectivity index (χ1n) is 7.89. The largest absolute Gasteiger partial charge is 0.371 e. The fourth-order valence-electron chi connectivity index (χ4n) is 3.25. The molecule has 0 bridgehead atoms. The second kappa shape index (κ2) is 7.23. The number of nitrogens with two attached hydrogens (primary N) is 1. The molecular formula is C17H28FN3. The van der Waals surface area contributed by atoms with Gasteiger partial charge in [0.2, 0.25) is 0 Å². The minimum atomic E-state index is -0.170. The summed E-state index contributed by atoms with van der Waals surface area (Å²) in [7, 11) is 4.26. The van der Waals surface area contributed by atoms with Crippen LogP contribution in [-0.4, -0.2) is 44.7 Å². The molecule has 1 aliphatic heterocycles. The zero-order valence-electron chi connectivity index (χ0n) is 13.5. The summed E-state index contributed by atoms with van der Waals surface area (Å²) in [6.45, 7) is 5.23. The third kappa shape index (κ3) is 4.68. The van der Waals surface area contributed by atoms with Gasteiger partial charge in [-0.1, -0.05) is 0 Å². The van der Waals surface area contributed by atoms with Crippen LogP contribution < -0.4 is 10.6 Å². The first-order valence-corrected chi connectivity index (χ1v) is 7.89. The van der Waals surface area contributed by atoms with Crippen molar-refractivity contribution in [3.63, 3.8) is 0 Å². The standard InChI is InChI=1S/C17H28FN3/c1-13(19)10-15-11-16(18)4-5-17(15)21-8-6-14(7-9-21)12-20(2)3/h4-5,11,13-14H,6-10,12,19H2,1-3H3. The van der Waals surface area contributed by atoms with Crippen molar-refractivity contribution in [3.8, 4) is 0 Å². The third-order valence-electron chi connectivity index (χ3n) is 4.16. The summed E-state index contributed by atoms with van der Waals surface area (Å²) in [5.74, 6) is 0.602. The predicted octanol–water partition coefficient (Wildman–Crippen LogP) is 2.49. The highest BCUT2D eigenvalue weighted by Gasteiger charge is 2.21. The first kappa shape index (κ1) is 16.2. The van der Waals surface area contributed by atoms with E-state index < -0.39 is 0 Å². The number of rotatable bonds is 5. The molecule has 0 radical (unpaired) electrons. The minimum absolute atomic E-state index is 0.0526. The zero-order chi connectivity index (χ0) is 15.4. The molecule has 1 fully saturated rings. The van der Waals surface area contributed by atoms with Gasteiger partial charge in [0.25, 0.3) is 0 Å². The topological polar surface area (TPSA) is 32.5 Å². The highest BCUT2D eigenvalue weighted by Crippen LogP contribution is 2.28. The lowest BCUT2D eigenvalue weighted by Gasteiger charge is -2.36. The number of nitrogens with zero attached hydrogens (tertiary/aromatic N) is 2. The summed E-state index contributed by atoms with van der Waals surface area (Å²) in [5, 5.41) is 0. The maximum Gasteiger partial charge on any atom is 0.123 e. The van der Waals surface area contributed by atoms with Crippen LogP contribution in [-0.2, 0) is 6.42 Å². The van der Waals surface area contributed by atoms with Crippen molar-refractivity contribution in [3.05, 3.63) is 29.6 Å². The second-order valence-corrected chi connectivity index (χ2v) is 6.65. The van der Waals surface area contributed by atoms with Crippen molar-refractivity contribution < 1.29 is 4.39 Å². The third-order valence-corrected chi connectivity index (χ3v) is 4.16. The Morgan fingerprint density at radius 1 is 1.33 bits per heavy atom. The summed E-state index contributed by atoms with van der Waals surface area (Å²) < 4.78 is 13.5. The molecule has 1 aromatic carbocycles. The van der Waals surface area contributed by atoms with Gasteiger partial charge in [0.1, 0.15) is 5.82 Å². The van der Waals surface area contributed by atoms with Crippen LogP contribution in [0.5, 0.6) is 0 Å². The van der Waals surface area contributed by atoms with Gasteiger partial charge in [0.15, 0.2) is 0 Å². The van der Waals surface area contributed by atoms with Crippen LogP contribution >= 0.6 is 0 Å². The van der Waals surface area contributed by atoms with Crippen molar-refractivity contribution in [2.75, 3.05) is 38.6 Å². The van der Waals surface area contributed by atoms with Gasteiger partial charge >= 0.3 is 0 Å². The molecule has 0 aliphatic carbocycles. The van der Waals surface area contributed by atoms with E-state index in [9.17, 15) is 4.39 Å². The van der Waals surface area contributed by atoms with Crippen LogP contribution in [0.2, 0.25) is 0 Å². The predicted molar refractivity (Wildman–Crippen MR) is 87.2 cm³/mol. The summed E-state index contributed by atoms with van der Waals surface area (Å²) in [6, 6.07) is 5.17. The Hall–Kier alpha value is -1.13. The second-order valence-electron chi connectivity index (χ2n) is 6.65. The molecule has 2 N–H and O–H groups in total. The Balaban J connectivity index is 2.05. The molecule has 1 heterocycles. The van der Waals surface area contributed by atoms with Crippen LogP contribution in [0.4, 0.5) is 10.1 Å². The normalized spacial score (nSPS) is 18.3. The van der Waals surface area contributed by atoms with E-state index in [0.717, 1.165) is 43.2 Å². The lowest BCUT2D eigenvalue weighted by atomic mass is 9.95. The van der Waals surface area contributed by atoms with Crippen molar-refractivity contribution in [1.29, 1.82) is 0 Å². The molecule has 0 saturated carbocycles. The van der Waals surface area contributed by atoms with E-state index in [-0.39, 0.29) is 11.9 Å². The number of benzene rings is 1. The number of piperidine rings is 1. The van der Waals surface area contributed by atoms with E-state index in [1.807, 2.05) is 13.0 Å². The SMILES string of the molecule is CC(N)Cc1cc(F)ccc1N1CCC(CN(C)C)CC1. The lowest BCUT2D eigenvalue weighted by molar-refractivity contribution is 0.285. The molecule has 118 valence electrons. The fraction of sp³-hybridized carbons (Fsp3) is 0.647. The molecule has 3 nitrogen and oxygen atoms in total. The molecule has 1 saturated heterocycles. The summed E-state index contributed by atoms with van der Waals surface area (Å²) in [4.78, 5) is 4.66. The molecule has 4 heteroatoms. The Morgan fingerprint density at radius 3 is 2.57 bits per heavy atom. The van der Waals surface area contributed by atoms with Gasteiger partial charge in [-0.05, 0) is 70.0 Å². The molecule has 21 heavy (non-hydrogen) atoms. The fourth-order valence-corrected chi connectivity index (χ4v) is 3.25. The average Bonchev–Trinajstić information content (AvgIpc) is 2.39. The maximum atomic E-state index is 13.5. The van der Waals surface area contributed by atoms with Gasteiger partial charge in [0, 0.05) is 31.4 Å². The van der Waals surface area contributed by atoms with Crippen molar-refractivity contribution in [2.24, 2.45) is 11.7 Å². The number of hydrogen-bond acceptors (Lipinski definition) is 3. The highest BCUT2D eigenvalue weighted by molar-refractivity contribution is 5.54. The van der Waals surface area contributed by atoms with Crippen molar-refractivity contribution >= 4 is 5.69 Å². The van der Waals surface area contributed by atoms with E-state index in [1.54, 1.807) is 12.1 Å². The highest BCUT2D eigenvalue weighted by atomic mass is 19.1. The monoisotopic (exact) mass is 293 g/mol. The summed E-state index contributed by atoms with van der Waals surface area (Å²) in [6.07, 6.45) is 3.13. The minimum Gasteiger partial charge on any atom is -0.371 e. The van der Waals surface area contributed by atoms with Crippen LogP contribution in [0.25, 0.3) is 0 Å². The van der Waals surface area contributed by atoms with Crippen molar-refractivity contribution in [2.45, 2.75) is 32.2 Å². The lowest BCUT2D eigenvalue weighted by Crippen LogP contribution is -2.37.